The number of ether oxygens (including phenoxy) is 1. The van der Waals surface area contributed by atoms with E-state index in [0.717, 1.165) is 16.9 Å². The van der Waals surface area contributed by atoms with Gasteiger partial charge in [-0.1, -0.05) is 12.1 Å². The van der Waals surface area contributed by atoms with Crippen LogP contribution < -0.4 is 11.1 Å². The zero-order chi connectivity index (χ0) is 14.7. The van der Waals surface area contributed by atoms with Crippen molar-refractivity contribution < 1.29 is 9.53 Å². The molecule has 0 aliphatic heterocycles. The Kier molecular flexibility index (Phi) is 3.98. The summed E-state index contributed by atoms with van der Waals surface area (Å²) in [6, 6.07) is 7.44. The highest BCUT2D eigenvalue weighted by atomic mass is 16.5. The molecular formula is C15H19N3O2. The maximum absolute atomic E-state index is 12.1. The van der Waals surface area contributed by atoms with Crippen LogP contribution in [0.5, 0.6) is 0 Å². The third-order valence-corrected chi connectivity index (χ3v) is 3.06. The van der Waals surface area contributed by atoms with Crippen molar-refractivity contribution in [1.29, 1.82) is 0 Å². The smallest absolute Gasteiger partial charge is 0.357 e. The predicted octanol–water partition coefficient (Wildman–Crippen LogP) is 2.84. The number of aromatic nitrogens is 1. The lowest BCUT2D eigenvalue weighted by Gasteiger charge is -2.12. The van der Waals surface area contributed by atoms with Crippen molar-refractivity contribution in [3.63, 3.8) is 0 Å². The van der Waals surface area contributed by atoms with E-state index in [1.807, 2.05) is 44.4 Å². The molecule has 1 aromatic carbocycles. The molecule has 106 valence electrons. The molecule has 0 fully saturated rings. The van der Waals surface area contributed by atoms with Gasteiger partial charge in [-0.2, -0.15) is 0 Å². The van der Waals surface area contributed by atoms with E-state index in [0.29, 0.717) is 18.0 Å². The van der Waals surface area contributed by atoms with Gasteiger partial charge >= 0.3 is 5.97 Å². The lowest BCUT2D eigenvalue weighted by Crippen LogP contribution is -2.12. The Balaban J connectivity index is 2.41. The number of carbonyl (C=O) groups is 1. The summed E-state index contributed by atoms with van der Waals surface area (Å²) in [5, 5.41) is 3.22. The van der Waals surface area contributed by atoms with E-state index in [4.69, 9.17) is 10.5 Å². The number of nitrogens with zero attached hydrogens (tertiary/aromatic N) is 1. The molecule has 2 aromatic rings. The molecule has 0 atom stereocenters. The summed E-state index contributed by atoms with van der Waals surface area (Å²) in [5.41, 5.74) is 9.50. The highest BCUT2D eigenvalue weighted by Gasteiger charge is 2.20. The van der Waals surface area contributed by atoms with Gasteiger partial charge in [-0.25, -0.2) is 4.79 Å². The summed E-state index contributed by atoms with van der Waals surface area (Å²) in [7, 11) is 1.82. The minimum Gasteiger partial charge on any atom is -0.461 e. The third kappa shape index (κ3) is 2.61. The molecule has 0 unspecified atom stereocenters. The number of hydrogen-bond donors (Lipinski definition) is 2. The Hall–Kier alpha value is -2.43. The van der Waals surface area contributed by atoms with Gasteiger partial charge in [0.1, 0.15) is 0 Å². The number of hydrogen-bond acceptors (Lipinski definition) is 4. The molecule has 0 saturated carbocycles. The molecule has 2 rings (SSSR count). The number of para-hydroxylation sites is 2. The van der Waals surface area contributed by atoms with Gasteiger partial charge in [-0.3, -0.25) is 0 Å². The molecule has 3 N–H and O–H groups in total. The number of rotatable bonds is 4. The van der Waals surface area contributed by atoms with Gasteiger partial charge in [0.15, 0.2) is 5.69 Å². The lowest BCUT2D eigenvalue weighted by molar-refractivity contribution is 0.0516. The van der Waals surface area contributed by atoms with Gasteiger partial charge in [0.2, 0.25) is 0 Å². The molecule has 0 radical (unpaired) electrons. The zero-order valence-corrected chi connectivity index (χ0v) is 11.9. The van der Waals surface area contributed by atoms with Gasteiger partial charge in [0.05, 0.1) is 23.7 Å². The molecule has 0 aliphatic rings. The molecule has 5 nitrogen and oxygen atoms in total. The number of nitrogen functional groups attached to an aromatic ring is 1. The summed E-state index contributed by atoms with van der Waals surface area (Å²) >= 11 is 0. The van der Waals surface area contributed by atoms with Crippen molar-refractivity contribution in [1.82, 2.24) is 4.57 Å². The predicted molar refractivity (Wildman–Crippen MR) is 80.2 cm³/mol. The summed E-state index contributed by atoms with van der Waals surface area (Å²) < 4.78 is 6.86. The minimum atomic E-state index is -0.347. The molecule has 1 heterocycles. The van der Waals surface area contributed by atoms with E-state index in [9.17, 15) is 4.79 Å². The third-order valence-electron chi connectivity index (χ3n) is 3.06. The Morgan fingerprint density at radius 3 is 2.75 bits per heavy atom. The quantitative estimate of drug-likeness (QED) is 0.664. The molecule has 0 aliphatic carbocycles. The lowest BCUT2D eigenvalue weighted by atomic mass is 10.2. The van der Waals surface area contributed by atoms with Crippen molar-refractivity contribution in [2.45, 2.75) is 13.8 Å². The maximum atomic E-state index is 12.1. The topological polar surface area (TPSA) is 69.3 Å². The number of carbonyl (C=O) groups excluding carboxylic acids is 1. The first-order valence-electron chi connectivity index (χ1n) is 6.49. The molecule has 0 saturated heterocycles. The maximum Gasteiger partial charge on any atom is 0.357 e. The van der Waals surface area contributed by atoms with Crippen LogP contribution in [-0.2, 0) is 11.8 Å². The Morgan fingerprint density at radius 1 is 1.40 bits per heavy atom. The van der Waals surface area contributed by atoms with Gasteiger partial charge in [0.25, 0.3) is 0 Å². The fourth-order valence-corrected chi connectivity index (χ4v) is 2.13. The van der Waals surface area contributed by atoms with Gasteiger partial charge in [0, 0.05) is 13.2 Å². The van der Waals surface area contributed by atoms with Crippen molar-refractivity contribution in [3.8, 4) is 0 Å². The van der Waals surface area contributed by atoms with Crippen LogP contribution >= 0.6 is 0 Å². The van der Waals surface area contributed by atoms with E-state index in [2.05, 4.69) is 5.32 Å². The standard InChI is InChI=1S/C15H19N3O2/c1-4-20-15(19)14-13(10(2)9-18(14)3)17-12-8-6-5-7-11(12)16/h5-9,17H,4,16H2,1-3H3. The molecule has 1 aromatic heterocycles. The fraction of sp³-hybridized carbons (Fsp3) is 0.267. The van der Waals surface area contributed by atoms with Crippen molar-refractivity contribution in [2.75, 3.05) is 17.7 Å². The van der Waals surface area contributed by atoms with Crippen LogP contribution in [0.15, 0.2) is 30.5 Å². The van der Waals surface area contributed by atoms with Gasteiger partial charge in [-0.15, -0.1) is 0 Å². The SMILES string of the molecule is CCOC(=O)c1c(Nc2ccccc2N)c(C)cn1C. The average molecular weight is 273 g/mol. The number of nitrogens with two attached hydrogens (primary N) is 1. The normalized spacial score (nSPS) is 10.3. The number of nitrogens with one attached hydrogen (secondary N) is 1. The first-order valence-corrected chi connectivity index (χ1v) is 6.49. The second-order valence-electron chi connectivity index (χ2n) is 4.58. The summed E-state index contributed by atoms with van der Waals surface area (Å²) in [5.74, 6) is -0.347. The minimum absolute atomic E-state index is 0.343. The van der Waals surface area contributed by atoms with E-state index in [1.54, 1.807) is 11.5 Å². The highest BCUT2D eigenvalue weighted by molar-refractivity contribution is 5.96. The monoisotopic (exact) mass is 273 g/mol. The molecule has 5 heteroatoms. The van der Waals surface area contributed by atoms with Crippen LogP contribution in [0, 0.1) is 6.92 Å². The number of anilines is 3. The van der Waals surface area contributed by atoms with Crippen molar-refractivity contribution in [2.24, 2.45) is 7.05 Å². The summed E-state index contributed by atoms with van der Waals surface area (Å²) in [4.78, 5) is 12.1. The van der Waals surface area contributed by atoms with Gasteiger partial charge < -0.3 is 20.4 Å². The Labute approximate surface area is 118 Å². The Morgan fingerprint density at radius 2 is 2.10 bits per heavy atom. The molecule has 0 amide bonds. The van der Waals surface area contributed by atoms with Crippen molar-refractivity contribution >= 4 is 23.0 Å². The van der Waals surface area contributed by atoms with Crippen LogP contribution in [0.25, 0.3) is 0 Å². The second kappa shape index (κ2) is 5.69. The van der Waals surface area contributed by atoms with E-state index in [1.165, 1.54) is 0 Å². The van der Waals surface area contributed by atoms with Crippen LogP contribution in [-0.4, -0.2) is 17.1 Å². The van der Waals surface area contributed by atoms with Crippen LogP contribution in [0.4, 0.5) is 17.1 Å². The molecule has 20 heavy (non-hydrogen) atoms. The van der Waals surface area contributed by atoms with E-state index in [-0.39, 0.29) is 5.97 Å². The van der Waals surface area contributed by atoms with Crippen LogP contribution in [0.1, 0.15) is 23.0 Å². The second-order valence-corrected chi connectivity index (χ2v) is 4.58. The number of esters is 1. The van der Waals surface area contributed by atoms with E-state index < -0.39 is 0 Å². The fourth-order valence-electron chi connectivity index (χ4n) is 2.13. The first-order chi connectivity index (χ1) is 9.54. The average Bonchev–Trinajstić information content (AvgIpc) is 2.67. The Bertz CT molecular complexity index is 632. The van der Waals surface area contributed by atoms with Crippen molar-refractivity contribution in [3.05, 3.63) is 41.7 Å². The number of benzene rings is 1. The van der Waals surface area contributed by atoms with E-state index >= 15 is 0 Å². The zero-order valence-electron chi connectivity index (χ0n) is 11.9. The summed E-state index contributed by atoms with van der Waals surface area (Å²) in [6.07, 6.45) is 1.88. The van der Waals surface area contributed by atoms with Crippen LogP contribution in [0.2, 0.25) is 0 Å². The summed E-state index contributed by atoms with van der Waals surface area (Å²) in [6.45, 7) is 4.07. The van der Waals surface area contributed by atoms with Gasteiger partial charge in [-0.05, 0) is 31.5 Å². The molecule has 0 bridgehead atoms. The van der Waals surface area contributed by atoms with Crippen LogP contribution in [0.3, 0.4) is 0 Å². The number of aryl methyl sites for hydroxylation is 2. The largest absolute Gasteiger partial charge is 0.461 e. The molecule has 0 spiro atoms. The first kappa shape index (κ1) is 14.0. The highest BCUT2D eigenvalue weighted by Crippen LogP contribution is 2.29. The molecular weight excluding hydrogens is 254 g/mol.